The molecule has 0 amide bonds. The number of rotatable bonds is 4. The molecule has 86 valence electrons. The first-order valence-corrected chi connectivity index (χ1v) is 5.64. The number of imidazole rings is 1. The summed E-state index contributed by atoms with van der Waals surface area (Å²) in [6.45, 7) is 11.8. The van der Waals surface area contributed by atoms with Crippen molar-refractivity contribution in [1.82, 2.24) is 15.3 Å². The summed E-state index contributed by atoms with van der Waals surface area (Å²) in [7, 11) is 0. The fourth-order valence-electron chi connectivity index (χ4n) is 1.35. The molecule has 0 aliphatic rings. The van der Waals surface area contributed by atoms with Crippen LogP contribution < -0.4 is 5.32 Å². The summed E-state index contributed by atoms with van der Waals surface area (Å²) in [5, 5.41) is 3.43. The van der Waals surface area contributed by atoms with E-state index in [9.17, 15) is 0 Å². The second-order valence-electron chi connectivity index (χ2n) is 5.56. The van der Waals surface area contributed by atoms with Crippen molar-refractivity contribution in [2.45, 2.75) is 53.1 Å². The SMILES string of the molecule is CC(C)Cc1ncc(CNC(C)(C)C)[nH]1. The Bertz CT molecular complexity index is 294. The normalized spacial score (nSPS) is 12.4. The molecule has 0 fully saturated rings. The molecule has 0 radical (unpaired) electrons. The fraction of sp³-hybridized carbons (Fsp3) is 0.750. The minimum absolute atomic E-state index is 0.156. The van der Waals surface area contributed by atoms with Gasteiger partial charge in [0.05, 0.1) is 0 Å². The Balaban J connectivity index is 2.46. The van der Waals surface area contributed by atoms with Crippen LogP contribution in [0.4, 0.5) is 0 Å². The van der Waals surface area contributed by atoms with Crippen molar-refractivity contribution in [3.8, 4) is 0 Å². The van der Waals surface area contributed by atoms with Gasteiger partial charge in [0.2, 0.25) is 0 Å². The number of aromatic nitrogens is 2. The van der Waals surface area contributed by atoms with Gasteiger partial charge in [-0.15, -0.1) is 0 Å². The van der Waals surface area contributed by atoms with Gasteiger partial charge in [0.1, 0.15) is 5.82 Å². The summed E-state index contributed by atoms with van der Waals surface area (Å²) in [5.41, 5.74) is 1.32. The zero-order valence-corrected chi connectivity index (χ0v) is 10.5. The van der Waals surface area contributed by atoms with Crippen LogP contribution in [0.25, 0.3) is 0 Å². The van der Waals surface area contributed by atoms with Crippen molar-refractivity contribution >= 4 is 0 Å². The van der Waals surface area contributed by atoms with Gasteiger partial charge in [0.25, 0.3) is 0 Å². The highest BCUT2D eigenvalue weighted by molar-refractivity contribution is 5.02. The second kappa shape index (κ2) is 4.79. The molecule has 3 heteroatoms. The third-order valence-corrected chi connectivity index (χ3v) is 2.09. The highest BCUT2D eigenvalue weighted by atomic mass is 15.0. The highest BCUT2D eigenvalue weighted by Gasteiger charge is 2.09. The average molecular weight is 209 g/mol. The molecule has 2 N–H and O–H groups in total. The van der Waals surface area contributed by atoms with Crippen LogP contribution in [0.15, 0.2) is 6.20 Å². The van der Waals surface area contributed by atoms with Crippen LogP contribution in [0.2, 0.25) is 0 Å². The predicted molar refractivity (Wildman–Crippen MR) is 63.7 cm³/mol. The van der Waals surface area contributed by atoms with Crippen molar-refractivity contribution in [1.29, 1.82) is 0 Å². The molecular weight excluding hydrogens is 186 g/mol. The molecule has 0 aromatic carbocycles. The Hall–Kier alpha value is -0.830. The minimum atomic E-state index is 0.156. The van der Waals surface area contributed by atoms with E-state index in [1.165, 1.54) is 5.69 Å². The monoisotopic (exact) mass is 209 g/mol. The third-order valence-electron chi connectivity index (χ3n) is 2.09. The zero-order chi connectivity index (χ0) is 11.5. The van der Waals surface area contributed by atoms with E-state index in [1.54, 1.807) is 0 Å². The second-order valence-corrected chi connectivity index (χ2v) is 5.56. The number of H-pyrrole nitrogens is 1. The van der Waals surface area contributed by atoms with Gasteiger partial charge in [-0.1, -0.05) is 13.8 Å². The Labute approximate surface area is 92.7 Å². The van der Waals surface area contributed by atoms with E-state index < -0.39 is 0 Å². The first-order chi connectivity index (χ1) is 6.87. The van der Waals surface area contributed by atoms with Crippen LogP contribution in [0.3, 0.4) is 0 Å². The largest absolute Gasteiger partial charge is 0.345 e. The van der Waals surface area contributed by atoms with Crippen molar-refractivity contribution in [2.24, 2.45) is 5.92 Å². The smallest absolute Gasteiger partial charge is 0.106 e. The van der Waals surface area contributed by atoms with Crippen LogP contribution in [0.5, 0.6) is 0 Å². The van der Waals surface area contributed by atoms with Crippen LogP contribution in [-0.2, 0) is 13.0 Å². The van der Waals surface area contributed by atoms with Gasteiger partial charge < -0.3 is 10.3 Å². The van der Waals surface area contributed by atoms with E-state index in [0.29, 0.717) is 5.92 Å². The zero-order valence-electron chi connectivity index (χ0n) is 10.5. The first-order valence-electron chi connectivity index (χ1n) is 5.64. The van der Waals surface area contributed by atoms with Gasteiger partial charge in [-0.3, -0.25) is 0 Å². The maximum Gasteiger partial charge on any atom is 0.106 e. The van der Waals surface area contributed by atoms with E-state index in [-0.39, 0.29) is 5.54 Å². The molecule has 0 aliphatic heterocycles. The number of hydrogen-bond donors (Lipinski definition) is 2. The summed E-state index contributed by atoms with van der Waals surface area (Å²) in [6, 6.07) is 0. The molecule has 0 atom stereocenters. The van der Waals surface area contributed by atoms with Gasteiger partial charge >= 0.3 is 0 Å². The average Bonchev–Trinajstić information content (AvgIpc) is 2.46. The molecule has 1 rings (SSSR count). The molecule has 15 heavy (non-hydrogen) atoms. The highest BCUT2D eigenvalue weighted by Crippen LogP contribution is 2.06. The molecule has 0 bridgehead atoms. The number of aromatic amines is 1. The van der Waals surface area contributed by atoms with E-state index in [4.69, 9.17) is 0 Å². The minimum Gasteiger partial charge on any atom is -0.345 e. The molecule has 0 saturated carbocycles. The van der Waals surface area contributed by atoms with Crippen molar-refractivity contribution in [3.63, 3.8) is 0 Å². The lowest BCUT2D eigenvalue weighted by atomic mass is 10.1. The Morgan fingerprint density at radius 2 is 2.07 bits per heavy atom. The van der Waals surface area contributed by atoms with Crippen LogP contribution in [0.1, 0.15) is 46.1 Å². The van der Waals surface area contributed by atoms with Crippen molar-refractivity contribution in [2.75, 3.05) is 0 Å². The molecule has 1 heterocycles. The van der Waals surface area contributed by atoms with Crippen LogP contribution in [0, 0.1) is 5.92 Å². The Morgan fingerprint density at radius 1 is 1.40 bits per heavy atom. The summed E-state index contributed by atoms with van der Waals surface area (Å²) < 4.78 is 0. The molecular formula is C12H23N3. The molecule has 0 saturated heterocycles. The third kappa shape index (κ3) is 4.98. The molecule has 0 aliphatic carbocycles. The van der Waals surface area contributed by atoms with Crippen molar-refractivity contribution in [3.05, 3.63) is 17.7 Å². The van der Waals surface area contributed by atoms with Gasteiger partial charge in [-0.2, -0.15) is 0 Å². The van der Waals surface area contributed by atoms with E-state index >= 15 is 0 Å². The van der Waals surface area contributed by atoms with Gasteiger partial charge in [-0.25, -0.2) is 4.98 Å². The van der Waals surface area contributed by atoms with Crippen molar-refractivity contribution < 1.29 is 0 Å². The van der Waals surface area contributed by atoms with E-state index in [1.807, 2.05) is 6.20 Å². The molecule has 0 unspecified atom stereocenters. The molecule has 0 spiro atoms. The molecule has 3 nitrogen and oxygen atoms in total. The Morgan fingerprint density at radius 3 is 2.60 bits per heavy atom. The standard InChI is InChI=1S/C12H23N3/c1-9(2)6-11-13-7-10(15-11)8-14-12(3,4)5/h7,9,14H,6,8H2,1-5H3,(H,13,15). The fourth-order valence-corrected chi connectivity index (χ4v) is 1.35. The quantitative estimate of drug-likeness (QED) is 0.800. The van der Waals surface area contributed by atoms with Gasteiger partial charge in [0.15, 0.2) is 0 Å². The maximum absolute atomic E-state index is 4.36. The lowest BCUT2D eigenvalue weighted by Crippen LogP contribution is -2.35. The number of hydrogen-bond acceptors (Lipinski definition) is 2. The van der Waals surface area contributed by atoms with Crippen LogP contribution >= 0.6 is 0 Å². The van der Waals surface area contributed by atoms with Gasteiger partial charge in [-0.05, 0) is 26.7 Å². The van der Waals surface area contributed by atoms with Gasteiger partial charge in [0, 0.05) is 30.4 Å². The number of nitrogens with one attached hydrogen (secondary N) is 2. The Kier molecular flexibility index (Phi) is 3.91. The summed E-state index contributed by atoms with van der Waals surface area (Å²) in [5.74, 6) is 1.75. The topological polar surface area (TPSA) is 40.7 Å². The molecule has 1 aromatic rings. The summed E-state index contributed by atoms with van der Waals surface area (Å²) in [6.07, 6.45) is 2.95. The van der Waals surface area contributed by atoms with E-state index in [0.717, 1.165) is 18.8 Å². The maximum atomic E-state index is 4.36. The first kappa shape index (κ1) is 12.2. The predicted octanol–water partition coefficient (Wildman–Crippen LogP) is 2.50. The number of nitrogens with zero attached hydrogens (tertiary/aromatic N) is 1. The van der Waals surface area contributed by atoms with E-state index in [2.05, 4.69) is 49.9 Å². The lowest BCUT2D eigenvalue weighted by Gasteiger charge is -2.19. The summed E-state index contributed by atoms with van der Waals surface area (Å²) in [4.78, 5) is 7.70. The van der Waals surface area contributed by atoms with Crippen LogP contribution in [-0.4, -0.2) is 15.5 Å². The summed E-state index contributed by atoms with van der Waals surface area (Å²) >= 11 is 0. The molecule has 1 aromatic heterocycles. The lowest BCUT2D eigenvalue weighted by molar-refractivity contribution is 0.421.